The van der Waals surface area contributed by atoms with Crippen LogP contribution in [0.25, 0.3) is 0 Å². The largest absolute Gasteiger partial charge is 0.461 e. The number of hydrogen-bond donors (Lipinski definition) is 2. The molecule has 0 amide bonds. The molecule has 4 saturated carbocycles. The Hall–Kier alpha value is -2.25. The minimum Gasteiger partial charge on any atom is -0.461 e. The SMILES string of the molecule is C=C1/C(=C\C=C2/CCC[C@]3(C)[C@@H]([C@H](C)CC[C@@H](OC(=O)CC)C4(c5nc(CCC)no5)CC4)CC[C@@H]23)C[C@@H](O)C[C@@H]1O. The second kappa shape index (κ2) is 12.8. The van der Waals surface area contributed by atoms with Gasteiger partial charge in [-0.3, -0.25) is 4.79 Å². The van der Waals surface area contributed by atoms with Crippen molar-refractivity contribution in [1.29, 1.82) is 0 Å². The van der Waals surface area contributed by atoms with Crippen LogP contribution in [-0.2, 0) is 21.4 Å². The van der Waals surface area contributed by atoms with Gasteiger partial charge in [0.1, 0.15) is 6.10 Å². The summed E-state index contributed by atoms with van der Waals surface area (Å²) in [6.45, 7) is 13.0. The first kappa shape index (κ1) is 31.2. The number of aromatic nitrogens is 2. The molecule has 4 aliphatic carbocycles. The average molecular weight is 581 g/mol. The Morgan fingerprint density at radius 3 is 2.69 bits per heavy atom. The number of ether oxygens (including phenoxy) is 1. The fraction of sp³-hybridized carbons (Fsp3) is 0.743. The predicted octanol–water partition coefficient (Wildman–Crippen LogP) is 6.93. The Morgan fingerprint density at radius 2 is 1.98 bits per heavy atom. The van der Waals surface area contributed by atoms with Crippen LogP contribution in [0.5, 0.6) is 0 Å². The normalized spacial score (nSPS) is 33.9. The highest BCUT2D eigenvalue weighted by Gasteiger charge is 2.57. The first-order valence-electron chi connectivity index (χ1n) is 16.6. The van der Waals surface area contributed by atoms with Gasteiger partial charge < -0.3 is 19.5 Å². The van der Waals surface area contributed by atoms with Crippen LogP contribution in [0.4, 0.5) is 0 Å². The number of allylic oxidation sites excluding steroid dienone is 3. The highest BCUT2D eigenvalue weighted by Crippen LogP contribution is 2.60. The Balaban J connectivity index is 1.28. The number of aliphatic hydroxyl groups excluding tert-OH is 2. The van der Waals surface area contributed by atoms with Crippen molar-refractivity contribution in [1.82, 2.24) is 10.1 Å². The van der Waals surface area contributed by atoms with Gasteiger partial charge in [-0.15, -0.1) is 0 Å². The quantitative estimate of drug-likeness (QED) is 0.273. The van der Waals surface area contributed by atoms with Gasteiger partial charge in [-0.2, -0.15) is 4.98 Å². The monoisotopic (exact) mass is 580 g/mol. The second-order valence-electron chi connectivity index (χ2n) is 14.0. The van der Waals surface area contributed by atoms with Crippen LogP contribution in [-0.4, -0.2) is 44.6 Å². The number of aliphatic hydroxyl groups is 2. The number of hydrogen-bond acceptors (Lipinski definition) is 7. The maximum atomic E-state index is 12.5. The molecule has 0 radical (unpaired) electrons. The van der Waals surface area contributed by atoms with E-state index >= 15 is 0 Å². The summed E-state index contributed by atoms with van der Waals surface area (Å²) in [6.07, 6.45) is 15.7. The molecule has 0 aliphatic heterocycles. The van der Waals surface area contributed by atoms with E-state index in [9.17, 15) is 15.0 Å². The number of esters is 1. The van der Waals surface area contributed by atoms with Crippen LogP contribution in [0, 0.1) is 23.2 Å². The van der Waals surface area contributed by atoms with Crippen molar-refractivity contribution < 1.29 is 24.3 Å². The molecule has 4 fully saturated rings. The van der Waals surface area contributed by atoms with Crippen LogP contribution < -0.4 is 0 Å². The minimum absolute atomic E-state index is 0.156. The number of carbonyl (C=O) groups is 1. The lowest BCUT2D eigenvalue weighted by Crippen LogP contribution is -2.37. The predicted molar refractivity (Wildman–Crippen MR) is 162 cm³/mol. The van der Waals surface area contributed by atoms with Gasteiger partial charge in [0, 0.05) is 19.3 Å². The van der Waals surface area contributed by atoms with E-state index in [1.807, 2.05) is 6.92 Å². The van der Waals surface area contributed by atoms with Crippen molar-refractivity contribution in [3.63, 3.8) is 0 Å². The van der Waals surface area contributed by atoms with Crippen molar-refractivity contribution in [2.75, 3.05) is 0 Å². The molecule has 4 aliphatic rings. The summed E-state index contributed by atoms with van der Waals surface area (Å²) in [5, 5.41) is 24.7. The van der Waals surface area contributed by atoms with E-state index in [4.69, 9.17) is 14.2 Å². The van der Waals surface area contributed by atoms with Crippen molar-refractivity contribution >= 4 is 5.97 Å². The van der Waals surface area contributed by atoms with Gasteiger partial charge in [0.15, 0.2) is 5.82 Å². The highest BCUT2D eigenvalue weighted by molar-refractivity contribution is 5.69. The van der Waals surface area contributed by atoms with Crippen LogP contribution in [0.2, 0.25) is 0 Å². The molecule has 7 atom stereocenters. The maximum absolute atomic E-state index is 12.5. The van der Waals surface area contributed by atoms with Crippen molar-refractivity contribution in [2.24, 2.45) is 23.2 Å². The first-order chi connectivity index (χ1) is 20.1. The van der Waals surface area contributed by atoms with Gasteiger partial charge in [-0.05, 0) is 105 Å². The van der Waals surface area contributed by atoms with E-state index < -0.39 is 12.2 Å². The first-order valence-corrected chi connectivity index (χ1v) is 16.6. The van der Waals surface area contributed by atoms with Crippen molar-refractivity contribution in [3.05, 3.63) is 47.2 Å². The molecule has 1 aromatic heterocycles. The lowest BCUT2D eigenvalue weighted by Gasteiger charge is -2.44. The lowest BCUT2D eigenvalue weighted by molar-refractivity contribution is -0.151. The third-order valence-corrected chi connectivity index (χ3v) is 11.2. The number of carbonyl (C=O) groups excluding carboxylic acids is 1. The molecule has 1 aromatic rings. The molecule has 1 heterocycles. The Morgan fingerprint density at radius 1 is 1.19 bits per heavy atom. The summed E-state index contributed by atoms with van der Waals surface area (Å²) >= 11 is 0. The molecule has 42 heavy (non-hydrogen) atoms. The molecule has 0 bridgehead atoms. The molecule has 7 heteroatoms. The van der Waals surface area contributed by atoms with Crippen molar-refractivity contribution in [2.45, 2.75) is 141 Å². The minimum atomic E-state index is -0.653. The zero-order chi connectivity index (χ0) is 30.1. The lowest BCUT2D eigenvalue weighted by atomic mass is 9.60. The van der Waals surface area contributed by atoms with Gasteiger partial charge >= 0.3 is 5.97 Å². The van der Waals surface area contributed by atoms with Gasteiger partial charge in [0.25, 0.3) is 0 Å². The molecule has 0 saturated heterocycles. The summed E-state index contributed by atoms with van der Waals surface area (Å²) in [7, 11) is 0. The van der Waals surface area contributed by atoms with Crippen LogP contribution >= 0.6 is 0 Å². The molecule has 0 spiro atoms. The maximum Gasteiger partial charge on any atom is 0.305 e. The molecular formula is C35H52N2O5. The van der Waals surface area contributed by atoms with E-state index in [0.29, 0.717) is 42.9 Å². The third kappa shape index (κ3) is 6.19. The number of nitrogens with zero attached hydrogens (tertiary/aromatic N) is 2. The van der Waals surface area contributed by atoms with Crippen molar-refractivity contribution in [3.8, 4) is 0 Å². The zero-order valence-corrected chi connectivity index (χ0v) is 26.2. The summed E-state index contributed by atoms with van der Waals surface area (Å²) in [5.74, 6) is 2.92. The second-order valence-corrected chi connectivity index (χ2v) is 14.0. The van der Waals surface area contributed by atoms with Gasteiger partial charge in [-0.1, -0.05) is 57.2 Å². The number of rotatable bonds is 11. The smallest absolute Gasteiger partial charge is 0.305 e. The van der Waals surface area contributed by atoms with Crippen LogP contribution in [0.15, 0.2) is 40.0 Å². The number of fused-ring (bicyclic) bond motifs is 1. The van der Waals surface area contributed by atoms with Gasteiger partial charge in [-0.25, -0.2) is 0 Å². The van der Waals surface area contributed by atoms with Gasteiger partial charge in [0.2, 0.25) is 5.89 Å². The van der Waals surface area contributed by atoms with E-state index in [-0.39, 0.29) is 22.9 Å². The van der Waals surface area contributed by atoms with E-state index in [0.717, 1.165) is 61.9 Å². The third-order valence-electron chi connectivity index (χ3n) is 11.2. The van der Waals surface area contributed by atoms with Crippen LogP contribution in [0.3, 0.4) is 0 Å². The average Bonchev–Trinajstić information content (AvgIpc) is 3.49. The standard InChI is InChI=1S/C35H52N2O5/c1-6-9-31-36-33(42-37-31)35(18-19-35)30(41-32(40)7-2)16-11-22(3)27-14-15-28-24(10-8-17-34(27,28)5)12-13-25-20-26(38)21-29(39)23(25)4/h12-13,22,26-30,38-39H,4,6-11,14-21H2,1-3,5H3/b24-12+,25-13-/t22-,26-,27-,28+,29+,30-,34-/m1/s1. The van der Waals surface area contributed by atoms with E-state index in [1.54, 1.807) is 0 Å². The topological polar surface area (TPSA) is 106 Å². The summed E-state index contributed by atoms with van der Waals surface area (Å²) < 4.78 is 11.8. The molecule has 2 N–H and O–H groups in total. The Bertz CT molecular complexity index is 1200. The van der Waals surface area contributed by atoms with Crippen LogP contribution in [0.1, 0.15) is 123 Å². The summed E-state index contributed by atoms with van der Waals surface area (Å²) in [6, 6.07) is 0. The highest BCUT2D eigenvalue weighted by atomic mass is 16.5. The van der Waals surface area contributed by atoms with E-state index in [1.165, 1.54) is 31.3 Å². The van der Waals surface area contributed by atoms with E-state index in [2.05, 4.69) is 44.7 Å². The fourth-order valence-corrected chi connectivity index (χ4v) is 8.57. The zero-order valence-electron chi connectivity index (χ0n) is 26.2. The summed E-state index contributed by atoms with van der Waals surface area (Å²) in [4.78, 5) is 17.2. The Kier molecular flexibility index (Phi) is 9.48. The Labute approximate surface area is 251 Å². The molecule has 7 nitrogen and oxygen atoms in total. The molecule has 5 rings (SSSR count). The van der Waals surface area contributed by atoms with Gasteiger partial charge in [0.05, 0.1) is 17.6 Å². The molecule has 0 aromatic carbocycles. The summed E-state index contributed by atoms with van der Waals surface area (Å²) in [5.41, 5.74) is 3.17. The molecule has 0 unspecified atom stereocenters. The fourth-order valence-electron chi connectivity index (χ4n) is 8.57. The molecule has 232 valence electrons. The number of aryl methyl sites for hydroxylation is 1. The molecular weight excluding hydrogens is 528 g/mol.